The average Bonchev–Trinajstić information content (AvgIpc) is 2.61. The standard InChI is InChI=1S/C18H16F3N3O3/c1-10-4-2-3-5-12(10)14-16(26)22-6-7-24(14)17(27)13-8-11(18(19,20)21)9-23-15(13)25/h2-5,8-9,14H,6-7H2,1H3,(H,22,26)(H,23,25). The molecule has 1 aliphatic rings. The third-order valence-electron chi connectivity index (χ3n) is 4.42. The maximum absolute atomic E-state index is 13.0. The number of nitrogens with zero attached hydrogens (tertiary/aromatic N) is 1. The number of H-pyrrole nitrogens is 1. The number of alkyl halides is 3. The van der Waals surface area contributed by atoms with E-state index in [1.54, 1.807) is 31.2 Å². The molecule has 0 spiro atoms. The number of amides is 2. The molecule has 1 atom stereocenters. The minimum atomic E-state index is -4.71. The average molecular weight is 379 g/mol. The Balaban J connectivity index is 2.06. The molecule has 1 saturated heterocycles. The number of carbonyl (C=O) groups excluding carboxylic acids is 2. The molecule has 2 heterocycles. The molecule has 0 bridgehead atoms. The van der Waals surface area contributed by atoms with Gasteiger partial charge in [0.25, 0.3) is 11.5 Å². The van der Waals surface area contributed by atoms with Gasteiger partial charge in [0.15, 0.2) is 0 Å². The molecule has 9 heteroatoms. The lowest BCUT2D eigenvalue weighted by atomic mass is 9.97. The van der Waals surface area contributed by atoms with Gasteiger partial charge in [-0.15, -0.1) is 0 Å². The van der Waals surface area contributed by atoms with Gasteiger partial charge >= 0.3 is 6.18 Å². The van der Waals surface area contributed by atoms with Gasteiger partial charge in [-0.3, -0.25) is 14.4 Å². The normalized spacial score (nSPS) is 17.6. The smallest absolute Gasteiger partial charge is 0.352 e. The van der Waals surface area contributed by atoms with Gasteiger partial charge in [-0.05, 0) is 24.1 Å². The highest BCUT2D eigenvalue weighted by molar-refractivity contribution is 5.98. The summed E-state index contributed by atoms with van der Waals surface area (Å²) in [5.74, 6) is -1.38. The lowest BCUT2D eigenvalue weighted by molar-refractivity contribution is -0.138. The van der Waals surface area contributed by atoms with Crippen molar-refractivity contribution in [2.45, 2.75) is 19.1 Å². The van der Waals surface area contributed by atoms with Crippen LogP contribution in [0.5, 0.6) is 0 Å². The SMILES string of the molecule is Cc1ccccc1C1C(=O)NCCN1C(=O)c1cc(C(F)(F)F)c[nH]c1=O. The molecule has 2 amide bonds. The number of hydrogen-bond acceptors (Lipinski definition) is 3. The van der Waals surface area contributed by atoms with Crippen molar-refractivity contribution in [2.24, 2.45) is 0 Å². The van der Waals surface area contributed by atoms with Crippen LogP contribution in [-0.4, -0.2) is 34.8 Å². The Labute approximate surface area is 152 Å². The van der Waals surface area contributed by atoms with E-state index in [0.717, 1.165) is 10.5 Å². The molecule has 1 aromatic carbocycles. The van der Waals surface area contributed by atoms with Crippen LogP contribution in [0.25, 0.3) is 0 Å². The van der Waals surface area contributed by atoms with Crippen molar-refractivity contribution in [3.63, 3.8) is 0 Å². The fourth-order valence-corrected chi connectivity index (χ4v) is 3.05. The fourth-order valence-electron chi connectivity index (χ4n) is 3.05. The quantitative estimate of drug-likeness (QED) is 0.838. The van der Waals surface area contributed by atoms with Gasteiger partial charge in [-0.25, -0.2) is 0 Å². The van der Waals surface area contributed by atoms with E-state index in [1.807, 2.05) is 4.98 Å². The highest BCUT2D eigenvalue weighted by Crippen LogP contribution is 2.30. The van der Waals surface area contributed by atoms with Crippen molar-refractivity contribution in [3.05, 3.63) is 69.1 Å². The molecular weight excluding hydrogens is 363 g/mol. The number of nitrogens with one attached hydrogen (secondary N) is 2. The van der Waals surface area contributed by atoms with Gasteiger partial charge in [-0.1, -0.05) is 24.3 Å². The lowest BCUT2D eigenvalue weighted by Crippen LogP contribution is -2.53. The van der Waals surface area contributed by atoms with E-state index in [2.05, 4.69) is 5.32 Å². The molecular formula is C18H16F3N3O3. The summed E-state index contributed by atoms with van der Waals surface area (Å²) in [6, 6.07) is 6.38. The number of aromatic nitrogens is 1. The van der Waals surface area contributed by atoms with Crippen LogP contribution in [0.2, 0.25) is 0 Å². The molecule has 3 rings (SSSR count). The topological polar surface area (TPSA) is 82.3 Å². The third kappa shape index (κ3) is 3.57. The summed E-state index contributed by atoms with van der Waals surface area (Å²) in [5.41, 5.74) is -1.44. The first kappa shape index (κ1) is 18.7. The second-order valence-corrected chi connectivity index (χ2v) is 6.18. The van der Waals surface area contributed by atoms with Crippen LogP contribution < -0.4 is 10.9 Å². The van der Waals surface area contributed by atoms with Gasteiger partial charge in [0.1, 0.15) is 11.6 Å². The maximum atomic E-state index is 13.0. The summed E-state index contributed by atoms with van der Waals surface area (Å²) in [6.07, 6.45) is -4.20. The largest absolute Gasteiger partial charge is 0.417 e. The monoisotopic (exact) mass is 379 g/mol. The number of pyridine rings is 1. The molecule has 6 nitrogen and oxygen atoms in total. The maximum Gasteiger partial charge on any atom is 0.417 e. The molecule has 0 saturated carbocycles. The predicted molar refractivity (Wildman–Crippen MR) is 90.0 cm³/mol. The predicted octanol–water partition coefficient (Wildman–Crippen LogP) is 2.02. The van der Waals surface area contributed by atoms with Crippen molar-refractivity contribution in [1.82, 2.24) is 15.2 Å². The minimum Gasteiger partial charge on any atom is -0.352 e. The highest BCUT2D eigenvalue weighted by atomic mass is 19.4. The number of benzene rings is 1. The van der Waals surface area contributed by atoms with Crippen LogP contribution in [0.4, 0.5) is 13.2 Å². The molecule has 0 radical (unpaired) electrons. The Morgan fingerprint density at radius 3 is 2.59 bits per heavy atom. The Hall–Kier alpha value is -3.10. The van der Waals surface area contributed by atoms with Crippen LogP contribution in [-0.2, 0) is 11.0 Å². The van der Waals surface area contributed by atoms with E-state index in [9.17, 15) is 27.6 Å². The van der Waals surface area contributed by atoms with E-state index < -0.39 is 40.7 Å². The third-order valence-corrected chi connectivity index (χ3v) is 4.42. The second kappa shape index (κ2) is 6.90. The van der Waals surface area contributed by atoms with Crippen molar-refractivity contribution in [1.29, 1.82) is 0 Å². The Bertz CT molecular complexity index is 953. The molecule has 1 aliphatic heterocycles. The van der Waals surface area contributed by atoms with Gasteiger partial charge < -0.3 is 15.2 Å². The number of hydrogen-bond donors (Lipinski definition) is 2. The molecule has 1 unspecified atom stereocenters. The van der Waals surface area contributed by atoms with Gasteiger partial charge in [0.2, 0.25) is 5.91 Å². The summed E-state index contributed by atoms with van der Waals surface area (Å²) in [4.78, 5) is 40.4. The summed E-state index contributed by atoms with van der Waals surface area (Å²) in [7, 11) is 0. The fraction of sp³-hybridized carbons (Fsp3) is 0.278. The van der Waals surface area contributed by atoms with E-state index in [0.29, 0.717) is 17.8 Å². The van der Waals surface area contributed by atoms with Crippen LogP contribution in [0, 0.1) is 6.92 Å². The number of halogens is 3. The lowest BCUT2D eigenvalue weighted by Gasteiger charge is -2.36. The van der Waals surface area contributed by atoms with Crippen LogP contribution in [0.15, 0.2) is 41.3 Å². The second-order valence-electron chi connectivity index (χ2n) is 6.18. The zero-order valence-corrected chi connectivity index (χ0v) is 14.3. The van der Waals surface area contributed by atoms with E-state index in [1.165, 1.54) is 0 Å². The minimum absolute atomic E-state index is 0.0687. The first-order valence-corrected chi connectivity index (χ1v) is 8.14. The van der Waals surface area contributed by atoms with Crippen molar-refractivity contribution in [2.75, 3.05) is 13.1 Å². The van der Waals surface area contributed by atoms with Crippen LogP contribution in [0.1, 0.15) is 33.1 Å². The van der Waals surface area contributed by atoms with Gasteiger partial charge in [0, 0.05) is 19.3 Å². The molecule has 2 aromatic rings. The Morgan fingerprint density at radius 1 is 1.22 bits per heavy atom. The summed E-state index contributed by atoms with van der Waals surface area (Å²) < 4.78 is 38.9. The van der Waals surface area contributed by atoms with Gasteiger partial charge in [0.05, 0.1) is 5.56 Å². The Morgan fingerprint density at radius 2 is 1.93 bits per heavy atom. The zero-order chi connectivity index (χ0) is 19.8. The van der Waals surface area contributed by atoms with Crippen molar-refractivity contribution >= 4 is 11.8 Å². The molecule has 1 fully saturated rings. The first-order chi connectivity index (χ1) is 12.7. The summed E-state index contributed by atoms with van der Waals surface area (Å²) in [5, 5.41) is 2.65. The zero-order valence-electron chi connectivity index (χ0n) is 14.3. The number of piperazine rings is 1. The molecule has 27 heavy (non-hydrogen) atoms. The van der Waals surface area contributed by atoms with E-state index >= 15 is 0 Å². The first-order valence-electron chi connectivity index (χ1n) is 8.14. The highest BCUT2D eigenvalue weighted by Gasteiger charge is 2.38. The van der Waals surface area contributed by atoms with Crippen molar-refractivity contribution < 1.29 is 22.8 Å². The molecule has 2 N–H and O–H groups in total. The van der Waals surface area contributed by atoms with Crippen molar-refractivity contribution in [3.8, 4) is 0 Å². The van der Waals surface area contributed by atoms with Crippen LogP contribution >= 0.6 is 0 Å². The molecule has 0 aliphatic carbocycles. The summed E-state index contributed by atoms with van der Waals surface area (Å²) in [6.45, 7) is 1.97. The number of aryl methyl sites for hydroxylation is 1. The van der Waals surface area contributed by atoms with Gasteiger partial charge in [-0.2, -0.15) is 13.2 Å². The molecule has 1 aromatic heterocycles. The number of carbonyl (C=O) groups is 2. The van der Waals surface area contributed by atoms with Crippen LogP contribution in [0.3, 0.4) is 0 Å². The summed E-state index contributed by atoms with van der Waals surface area (Å²) >= 11 is 0. The number of aromatic amines is 1. The Kier molecular flexibility index (Phi) is 4.77. The van der Waals surface area contributed by atoms with E-state index in [-0.39, 0.29) is 13.1 Å². The van der Waals surface area contributed by atoms with E-state index in [4.69, 9.17) is 0 Å². The number of rotatable bonds is 2. The molecule has 142 valence electrons.